The van der Waals surface area contributed by atoms with Crippen LogP contribution in [0.5, 0.6) is 5.75 Å². The van der Waals surface area contributed by atoms with E-state index in [2.05, 4.69) is 5.32 Å². The average molecular weight is 345 g/mol. The summed E-state index contributed by atoms with van der Waals surface area (Å²) in [5.74, 6) is 1.10. The smallest absolute Gasteiger partial charge is 0.261 e. The van der Waals surface area contributed by atoms with Crippen molar-refractivity contribution in [3.05, 3.63) is 59.4 Å². The van der Waals surface area contributed by atoms with Gasteiger partial charge in [-0.05, 0) is 61.7 Å². The Hall–Kier alpha value is -2.01. The van der Waals surface area contributed by atoms with Crippen molar-refractivity contribution in [1.82, 2.24) is 5.32 Å². The molecular formula is C19H20FNO2S. The van der Waals surface area contributed by atoms with E-state index in [-0.39, 0.29) is 17.8 Å². The van der Waals surface area contributed by atoms with Crippen molar-refractivity contribution in [2.75, 3.05) is 5.75 Å². The Bertz CT molecular complexity index is 750. The number of hydrogen-bond donors (Lipinski definition) is 1. The molecule has 5 heteroatoms. The molecule has 1 amide bonds. The maximum absolute atomic E-state index is 13.5. The van der Waals surface area contributed by atoms with Gasteiger partial charge in [0.15, 0.2) is 6.10 Å². The molecule has 1 aliphatic rings. The van der Waals surface area contributed by atoms with E-state index in [9.17, 15) is 9.18 Å². The number of halogens is 1. The Morgan fingerprint density at radius 2 is 2.17 bits per heavy atom. The lowest BCUT2D eigenvalue weighted by atomic mass is 10.0. The zero-order chi connectivity index (χ0) is 17.1. The van der Waals surface area contributed by atoms with Gasteiger partial charge in [-0.3, -0.25) is 4.79 Å². The van der Waals surface area contributed by atoms with Gasteiger partial charge in [0.25, 0.3) is 5.91 Å². The highest BCUT2D eigenvalue weighted by molar-refractivity contribution is 7.99. The van der Waals surface area contributed by atoms with Gasteiger partial charge in [0.05, 0.1) is 6.04 Å². The first kappa shape index (κ1) is 16.8. The topological polar surface area (TPSA) is 38.3 Å². The van der Waals surface area contributed by atoms with E-state index in [4.69, 9.17) is 4.74 Å². The van der Waals surface area contributed by atoms with Crippen molar-refractivity contribution in [3.8, 4) is 5.75 Å². The first-order chi connectivity index (χ1) is 11.5. The number of amides is 1. The van der Waals surface area contributed by atoms with Crippen molar-refractivity contribution < 1.29 is 13.9 Å². The minimum absolute atomic E-state index is 0.173. The van der Waals surface area contributed by atoms with E-state index >= 15 is 0 Å². The second-order valence-electron chi connectivity index (χ2n) is 5.96. The first-order valence-electron chi connectivity index (χ1n) is 7.99. The number of ether oxygens (including phenoxy) is 1. The third-order valence-corrected chi connectivity index (χ3v) is 5.12. The van der Waals surface area contributed by atoms with E-state index in [1.807, 2.05) is 31.2 Å². The van der Waals surface area contributed by atoms with E-state index in [1.165, 1.54) is 12.1 Å². The van der Waals surface area contributed by atoms with Gasteiger partial charge in [-0.15, -0.1) is 11.8 Å². The standard InChI is InChI=1S/C19H20FNO2S/c1-12-4-3-5-15(10-12)23-13(2)19(22)21-17-8-9-24-18-7-6-14(20)11-16(17)18/h3-7,10-11,13,17H,8-9H2,1-2H3,(H,21,22)/t13-,17-/m1/s1. The second-order valence-corrected chi connectivity index (χ2v) is 7.09. The molecule has 0 radical (unpaired) electrons. The monoisotopic (exact) mass is 345 g/mol. The minimum Gasteiger partial charge on any atom is -0.481 e. The largest absolute Gasteiger partial charge is 0.481 e. The zero-order valence-electron chi connectivity index (χ0n) is 13.7. The van der Waals surface area contributed by atoms with Crippen molar-refractivity contribution in [2.45, 2.75) is 37.3 Å². The van der Waals surface area contributed by atoms with Gasteiger partial charge in [-0.25, -0.2) is 4.39 Å². The second kappa shape index (κ2) is 7.26. The number of carbonyl (C=O) groups is 1. The molecule has 2 atom stereocenters. The highest BCUT2D eigenvalue weighted by Crippen LogP contribution is 2.36. The molecule has 0 saturated carbocycles. The molecule has 3 nitrogen and oxygen atoms in total. The summed E-state index contributed by atoms with van der Waals surface area (Å²) >= 11 is 1.69. The molecule has 126 valence electrons. The van der Waals surface area contributed by atoms with E-state index in [0.29, 0.717) is 5.75 Å². The van der Waals surface area contributed by atoms with Crippen molar-refractivity contribution in [2.24, 2.45) is 0 Å². The molecule has 1 aliphatic heterocycles. The highest BCUT2D eigenvalue weighted by atomic mass is 32.2. The van der Waals surface area contributed by atoms with Gasteiger partial charge >= 0.3 is 0 Å². The molecule has 2 aromatic carbocycles. The van der Waals surface area contributed by atoms with Gasteiger partial charge in [0.1, 0.15) is 11.6 Å². The number of nitrogens with one attached hydrogen (secondary N) is 1. The van der Waals surface area contributed by atoms with Crippen LogP contribution in [0.3, 0.4) is 0 Å². The van der Waals surface area contributed by atoms with E-state index in [0.717, 1.165) is 28.2 Å². The Balaban J connectivity index is 1.68. The Kier molecular flexibility index (Phi) is 5.09. The molecule has 3 rings (SSSR count). The summed E-state index contributed by atoms with van der Waals surface area (Å²) in [5.41, 5.74) is 1.93. The Morgan fingerprint density at radius 3 is 2.96 bits per heavy atom. The van der Waals surface area contributed by atoms with Crippen molar-refractivity contribution in [3.63, 3.8) is 0 Å². The minimum atomic E-state index is -0.613. The lowest BCUT2D eigenvalue weighted by Gasteiger charge is -2.27. The molecule has 0 aliphatic carbocycles. The molecule has 1 N–H and O–H groups in total. The summed E-state index contributed by atoms with van der Waals surface area (Å²) in [5, 5.41) is 2.99. The number of hydrogen-bond acceptors (Lipinski definition) is 3. The predicted molar refractivity (Wildman–Crippen MR) is 93.9 cm³/mol. The van der Waals surface area contributed by atoms with Crippen LogP contribution < -0.4 is 10.1 Å². The van der Waals surface area contributed by atoms with Gasteiger partial charge in [-0.1, -0.05) is 12.1 Å². The summed E-state index contributed by atoms with van der Waals surface area (Å²) in [6, 6.07) is 12.2. The maximum Gasteiger partial charge on any atom is 0.261 e. The van der Waals surface area contributed by atoms with E-state index in [1.54, 1.807) is 24.8 Å². The molecule has 0 bridgehead atoms. The van der Waals surface area contributed by atoms with Crippen LogP contribution >= 0.6 is 11.8 Å². The molecule has 0 fully saturated rings. The van der Waals surface area contributed by atoms with Crippen LogP contribution in [0.2, 0.25) is 0 Å². The highest BCUT2D eigenvalue weighted by Gasteiger charge is 2.25. The van der Waals surface area contributed by atoms with Gasteiger partial charge in [0.2, 0.25) is 0 Å². The quantitative estimate of drug-likeness (QED) is 0.900. The van der Waals surface area contributed by atoms with Crippen molar-refractivity contribution >= 4 is 17.7 Å². The number of aryl methyl sites for hydroxylation is 1. The first-order valence-corrected chi connectivity index (χ1v) is 8.97. The zero-order valence-corrected chi connectivity index (χ0v) is 14.5. The molecular weight excluding hydrogens is 325 g/mol. The molecule has 2 aromatic rings. The number of fused-ring (bicyclic) bond motifs is 1. The van der Waals surface area contributed by atoms with Gasteiger partial charge in [0, 0.05) is 10.6 Å². The predicted octanol–water partition coefficient (Wildman–Crippen LogP) is 4.25. The summed E-state index contributed by atoms with van der Waals surface area (Å²) in [6.07, 6.45) is 0.169. The van der Waals surface area contributed by atoms with Crippen LogP contribution in [0.15, 0.2) is 47.4 Å². The van der Waals surface area contributed by atoms with Gasteiger partial charge in [-0.2, -0.15) is 0 Å². The molecule has 0 aromatic heterocycles. The number of rotatable bonds is 4. The SMILES string of the molecule is Cc1cccc(O[C@H](C)C(=O)N[C@@H]2CCSc3ccc(F)cc32)c1. The molecule has 0 spiro atoms. The Labute approximate surface area is 145 Å². The molecule has 0 unspecified atom stereocenters. The summed E-state index contributed by atoms with van der Waals surface area (Å²) < 4.78 is 19.3. The Morgan fingerprint density at radius 1 is 1.33 bits per heavy atom. The summed E-state index contributed by atoms with van der Waals surface area (Å²) in [4.78, 5) is 13.5. The van der Waals surface area contributed by atoms with Crippen LogP contribution in [0, 0.1) is 12.7 Å². The maximum atomic E-state index is 13.5. The fourth-order valence-electron chi connectivity index (χ4n) is 2.75. The van der Waals surface area contributed by atoms with Crippen LogP contribution in [0.4, 0.5) is 4.39 Å². The number of thioether (sulfide) groups is 1. The molecule has 0 saturated heterocycles. The van der Waals surface area contributed by atoms with Crippen LogP contribution in [0.1, 0.15) is 30.5 Å². The fraction of sp³-hybridized carbons (Fsp3) is 0.316. The van der Waals surface area contributed by atoms with Gasteiger partial charge < -0.3 is 10.1 Å². The lowest BCUT2D eigenvalue weighted by molar-refractivity contribution is -0.128. The fourth-order valence-corrected chi connectivity index (χ4v) is 3.86. The van der Waals surface area contributed by atoms with Crippen LogP contribution in [-0.2, 0) is 4.79 Å². The van der Waals surface area contributed by atoms with Crippen LogP contribution in [0.25, 0.3) is 0 Å². The summed E-state index contributed by atoms with van der Waals surface area (Å²) in [7, 11) is 0. The number of benzene rings is 2. The third kappa shape index (κ3) is 3.90. The average Bonchev–Trinajstić information content (AvgIpc) is 2.55. The lowest BCUT2D eigenvalue weighted by Crippen LogP contribution is -2.39. The molecule has 24 heavy (non-hydrogen) atoms. The van der Waals surface area contributed by atoms with Crippen molar-refractivity contribution in [1.29, 1.82) is 0 Å². The third-order valence-electron chi connectivity index (χ3n) is 4.00. The van der Waals surface area contributed by atoms with E-state index < -0.39 is 6.10 Å². The van der Waals surface area contributed by atoms with Crippen LogP contribution in [-0.4, -0.2) is 17.8 Å². The summed E-state index contributed by atoms with van der Waals surface area (Å²) in [6.45, 7) is 3.70. The normalized spacial score (nSPS) is 17.7. The number of carbonyl (C=O) groups excluding carboxylic acids is 1. The molecule has 1 heterocycles.